The van der Waals surface area contributed by atoms with Crippen LogP contribution in [0.4, 0.5) is 5.82 Å². The van der Waals surface area contributed by atoms with Crippen LogP contribution in [0.1, 0.15) is 51.1 Å². The van der Waals surface area contributed by atoms with Gasteiger partial charge in [-0.05, 0) is 50.3 Å². The Morgan fingerprint density at radius 3 is 2.80 bits per heavy atom. The lowest BCUT2D eigenvalue weighted by atomic mass is 9.78. The smallest absolute Gasteiger partial charge is 0.151 e. The SMILES string of the molecule is CCNCc1ccc(N2CCC[C@H]3CCCC[C@H]32)nn1. The van der Waals surface area contributed by atoms with E-state index in [-0.39, 0.29) is 0 Å². The topological polar surface area (TPSA) is 41.0 Å². The summed E-state index contributed by atoms with van der Waals surface area (Å²) in [6.07, 6.45) is 8.26. The molecule has 0 unspecified atom stereocenters. The Bertz CT molecular complexity index is 415. The van der Waals surface area contributed by atoms with E-state index < -0.39 is 0 Å². The zero-order chi connectivity index (χ0) is 13.8. The summed E-state index contributed by atoms with van der Waals surface area (Å²) in [4.78, 5) is 2.53. The number of nitrogens with one attached hydrogen (secondary N) is 1. The van der Waals surface area contributed by atoms with Crippen LogP contribution in [0.15, 0.2) is 12.1 Å². The monoisotopic (exact) mass is 274 g/mol. The maximum atomic E-state index is 4.48. The second kappa shape index (κ2) is 6.53. The summed E-state index contributed by atoms with van der Waals surface area (Å²) < 4.78 is 0. The van der Waals surface area contributed by atoms with Gasteiger partial charge in [0.1, 0.15) is 0 Å². The van der Waals surface area contributed by atoms with Crippen LogP contribution < -0.4 is 10.2 Å². The highest BCUT2D eigenvalue weighted by Gasteiger charge is 2.33. The molecule has 2 fully saturated rings. The van der Waals surface area contributed by atoms with E-state index in [1.165, 1.54) is 38.5 Å². The maximum absolute atomic E-state index is 4.48. The van der Waals surface area contributed by atoms with E-state index in [1.807, 2.05) is 0 Å². The van der Waals surface area contributed by atoms with Gasteiger partial charge in [-0.3, -0.25) is 0 Å². The lowest BCUT2D eigenvalue weighted by Crippen LogP contribution is -2.47. The van der Waals surface area contributed by atoms with Crippen molar-refractivity contribution in [2.45, 2.75) is 58.0 Å². The minimum atomic E-state index is 0.714. The summed E-state index contributed by atoms with van der Waals surface area (Å²) in [6, 6.07) is 5.00. The predicted octanol–water partition coefficient (Wildman–Crippen LogP) is 2.75. The Morgan fingerprint density at radius 2 is 2.00 bits per heavy atom. The molecule has 20 heavy (non-hydrogen) atoms. The van der Waals surface area contributed by atoms with E-state index in [2.05, 4.69) is 39.5 Å². The fourth-order valence-corrected chi connectivity index (χ4v) is 3.76. The summed E-state index contributed by atoms with van der Waals surface area (Å²) in [5.74, 6) is 1.97. The zero-order valence-corrected chi connectivity index (χ0v) is 12.5. The van der Waals surface area contributed by atoms with Crippen molar-refractivity contribution in [3.8, 4) is 0 Å². The minimum Gasteiger partial charge on any atom is -0.352 e. The molecule has 1 saturated heterocycles. The van der Waals surface area contributed by atoms with Crippen molar-refractivity contribution in [3.63, 3.8) is 0 Å². The number of aromatic nitrogens is 2. The second-order valence-electron chi connectivity index (χ2n) is 6.11. The molecule has 1 saturated carbocycles. The van der Waals surface area contributed by atoms with Crippen LogP contribution in [0.2, 0.25) is 0 Å². The molecule has 0 radical (unpaired) electrons. The molecule has 110 valence electrons. The molecule has 2 atom stereocenters. The number of anilines is 1. The third-order valence-corrected chi connectivity index (χ3v) is 4.80. The van der Waals surface area contributed by atoms with Gasteiger partial charge >= 0.3 is 0 Å². The van der Waals surface area contributed by atoms with Crippen molar-refractivity contribution in [3.05, 3.63) is 17.8 Å². The van der Waals surface area contributed by atoms with E-state index in [0.29, 0.717) is 6.04 Å². The molecule has 0 spiro atoms. The van der Waals surface area contributed by atoms with Gasteiger partial charge in [-0.2, -0.15) is 5.10 Å². The number of rotatable bonds is 4. The summed E-state index contributed by atoms with van der Waals surface area (Å²) in [7, 11) is 0. The summed E-state index contributed by atoms with van der Waals surface area (Å²) in [5, 5.41) is 12.1. The molecule has 1 N–H and O–H groups in total. The van der Waals surface area contributed by atoms with Gasteiger partial charge in [-0.1, -0.05) is 19.8 Å². The van der Waals surface area contributed by atoms with Gasteiger partial charge in [0.25, 0.3) is 0 Å². The van der Waals surface area contributed by atoms with E-state index in [4.69, 9.17) is 0 Å². The molecule has 2 aliphatic rings. The number of piperidine rings is 1. The lowest BCUT2D eigenvalue weighted by Gasteiger charge is -2.44. The Labute approximate surface area is 122 Å². The first-order valence-corrected chi connectivity index (χ1v) is 8.18. The van der Waals surface area contributed by atoms with Gasteiger partial charge in [0, 0.05) is 19.1 Å². The maximum Gasteiger partial charge on any atom is 0.151 e. The van der Waals surface area contributed by atoms with E-state index in [1.54, 1.807) is 0 Å². The van der Waals surface area contributed by atoms with Gasteiger partial charge in [0.15, 0.2) is 5.82 Å². The van der Waals surface area contributed by atoms with Crippen LogP contribution in [0.5, 0.6) is 0 Å². The number of nitrogens with zero attached hydrogens (tertiary/aromatic N) is 3. The van der Waals surface area contributed by atoms with Crippen molar-refractivity contribution >= 4 is 5.82 Å². The second-order valence-corrected chi connectivity index (χ2v) is 6.11. The van der Waals surface area contributed by atoms with E-state index in [9.17, 15) is 0 Å². The van der Waals surface area contributed by atoms with Gasteiger partial charge < -0.3 is 10.2 Å². The van der Waals surface area contributed by atoms with Crippen molar-refractivity contribution in [1.82, 2.24) is 15.5 Å². The van der Waals surface area contributed by atoms with Crippen LogP contribution in [-0.2, 0) is 6.54 Å². The van der Waals surface area contributed by atoms with Crippen LogP contribution in [0.3, 0.4) is 0 Å². The zero-order valence-electron chi connectivity index (χ0n) is 12.5. The molecular formula is C16H26N4. The van der Waals surface area contributed by atoms with Gasteiger partial charge in [0.05, 0.1) is 5.69 Å². The van der Waals surface area contributed by atoms with Crippen molar-refractivity contribution < 1.29 is 0 Å². The molecule has 0 amide bonds. The molecular weight excluding hydrogens is 248 g/mol. The summed E-state index contributed by atoms with van der Waals surface area (Å²) in [6.45, 7) is 5.05. The first-order chi connectivity index (χ1) is 9.88. The average Bonchev–Trinajstić information content (AvgIpc) is 2.53. The number of hydrogen-bond donors (Lipinski definition) is 1. The molecule has 0 bridgehead atoms. The van der Waals surface area contributed by atoms with Crippen LogP contribution in [0, 0.1) is 5.92 Å². The molecule has 0 aromatic carbocycles. The summed E-state index contributed by atoms with van der Waals surface area (Å²) >= 11 is 0. The first kappa shape index (κ1) is 13.8. The molecule has 4 nitrogen and oxygen atoms in total. The minimum absolute atomic E-state index is 0.714. The van der Waals surface area contributed by atoms with E-state index in [0.717, 1.165) is 37.1 Å². The highest BCUT2D eigenvalue weighted by atomic mass is 15.3. The van der Waals surface area contributed by atoms with Crippen molar-refractivity contribution in [2.24, 2.45) is 5.92 Å². The van der Waals surface area contributed by atoms with Crippen LogP contribution >= 0.6 is 0 Å². The Hall–Kier alpha value is -1.16. The first-order valence-electron chi connectivity index (χ1n) is 8.18. The Morgan fingerprint density at radius 1 is 1.15 bits per heavy atom. The van der Waals surface area contributed by atoms with Crippen LogP contribution in [0.25, 0.3) is 0 Å². The largest absolute Gasteiger partial charge is 0.352 e. The lowest BCUT2D eigenvalue weighted by molar-refractivity contribution is 0.242. The standard InChI is InChI=1S/C16H26N4/c1-2-17-12-14-9-10-16(19-18-14)20-11-5-7-13-6-3-4-8-15(13)20/h9-10,13,15,17H,2-8,11-12H2,1H3/t13-,15-/m1/s1. The molecule has 2 heterocycles. The van der Waals surface area contributed by atoms with Gasteiger partial charge in [-0.25, -0.2) is 0 Å². The highest BCUT2D eigenvalue weighted by molar-refractivity contribution is 5.40. The predicted molar refractivity (Wildman–Crippen MR) is 81.7 cm³/mol. The fourth-order valence-electron chi connectivity index (χ4n) is 3.76. The van der Waals surface area contributed by atoms with Crippen molar-refractivity contribution in [2.75, 3.05) is 18.0 Å². The van der Waals surface area contributed by atoms with Gasteiger partial charge in [-0.15, -0.1) is 5.10 Å². The third kappa shape index (κ3) is 2.95. The van der Waals surface area contributed by atoms with Crippen molar-refractivity contribution in [1.29, 1.82) is 0 Å². The summed E-state index contributed by atoms with van der Waals surface area (Å²) in [5.41, 5.74) is 1.04. The Kier molecular flexibility index (Phi) is 4.51. The van der Waals surface area contributed by atoms with E-state index >= 15 is 0 Å². The molecule has 1 aromatic heterocycles. The quantitative estimate of drug-likeness (QED) is 0.916. The highest BCUT2D eigenvalue weighted by Crippen LogP contribution is 2.36. The molecule has 4 heteroatoms. The molecule has 1 aliphatic carbocycles. The molecule has 1 aromatic rings. The number of hydrogen-bond acceptors (Lipinski definition) is 4. The number of fused-ring (bicyclic) bond motifs is 1. The Balaban J connectivity index is 1.70. The molecule has 1 aliphatic heterocycles. The molecule has 3 rings (SSSR count). The van der Waals surface area contributed by atoms with Crippen LogP contribution in [-0.4, -0.2) is 29.3 Å². The van der Waals surface area contributed by atoms with Gasteiger partial charge in [0.2, 0.25) is 0 Å². The normalized spacial score (nSPS) is 26.4. The third-order valence-electron chi connectivity index (χ3n) is 4.80. The average molecular weight is 274 g/mol. The fraction of sp³-hybridized carbons (Fsp3) is 0.750.